The molecule has 0 spiro atoms. The summed E-state index contributed by atoms with van der Waals surface area (Å²) in [7, 11) is 0. The number of rotatable bonds is 3. The fourth-order valence-corrected chi connectivity index (χ4v) is 0.511. The van der Waals surface area contributed by atoms with Crippen LogP contribution in [0.25, 0.3) is 0 Å². The van der Waals surface area contributed by atoms with E-state index in [0.717, 1.165) is 0 Å². The first-order chi connectivity index (χ1) is 4.70. The molecule has 0 fully saturated rings. The van der Waals surface area contributed by atoms with Crippen LogP contribution >= 0.6 is 23.6 Å². The maximum atomic E-state index is 10.4. The molecule has 0 unspecified atom stereocenters. The third-order valence-corrected chi connectivity index (χ3v) is 1.21. The second kappa shape index (κ2) is 5.32. The summed E-state index contributed by atoms with van der Waals surface area (Å²) in [4.78, 5) is 24.4. The highest BCUT2D eigenvalue weighted by Crippen LogP contribution is 1.89. The van der Waals surface area contributed by atoms with Gasteiger partial charge in [-0.25, -0.2) is 0 Å². The molecule has 4 nitrogen and oxygen atoms in total. The minimum absolute atomic E-state index is 0.0437. The number of carbonyl (C=O) groups excluding carboxylic acids is 2. The standard InChI is InChI=1S/C4H6Cl2N2O2/c5-7-3(9)1-2-4(10)8-6/h1-2H2,(H,7,9)(H,8,10). The minimum atomic E-state index is -0.401. The van der Waals surface area contributed by atoms with E-state index in [1.165, 1.54) is 0 Å². The van der Waals surface area contributed by atoms with Gasteiger partial charge in [0.2, 0.25) is 11.8 Å². The Morgan fingerprint density at radius 1 is 1.00 bits per heavy atom. The second-order valence-corrected chi connectivity index (χ2v) is 1.91. The molecule has 10 heavy (non-hydrogen) atoms. The lowest BCUT2D eigenvalue weighted by Crippen LogP contribution is -2.18. The van der Waals surface area contributed by atoms with Crippen molar-refractivity contribution in [2.75, 3.05) is 0 Å². The Hall–Kier alpha value is -0.480. The summed E-state index contributed by atoms with van der Waals surface area (Å²) in [5.74, 6) is -0.802. The van der Waals surface area contributed by atoms with E-state index in [1.807, 2.05) is 9.67 Å². The van der Waals surface area contributed by atoms with Crippen molar-refractivity contribution in [2.24, 2.45) is 0 Å². The maximum Gasteiger partial charge on any atom is 0.234 e. The monoisotopic (exact) mass is 184 g/mol. The molecule has 2 N–H and O–H groups in total. The Morgan fingerprint density at radius 3 is 1.50 bits per heavy atom. The molecule has 0 heterocycles. The van der Waals surface area contributed by atoms with E-state index in [1.54, 1.807) is 0 Å². The quantitative estimate of drug-likeness (QED) is 0.621. The first-order valence-electron chi connectivity index (χ1n) is 2.49. The molecule has 0 aliphatic rings. The largest absolute Gasteiger partial charge is 0.274 e. The average molecular weight is 185 g/mol. The zero-order chi connectivity index (χ0) is 7.98. The first kappa shape index (κ1) is 9.52. The summed E-state index contributed by atoms with van der Waals surface area (Å²) in [5, 5.41) is 0. The van der Waals surface area contributed by atoms with E-state index in [-0.39, 0.29) is 12.8 Å². The van der Waals surface area contributed by atoms with E-state index in [9.17, 15) is 9.59 Å². The number of carbonyl (C=O) groups is 2. The smallest absolute Gasteiger partial charge is 0.234 e. The fraction of sp³-hybridized carbons (Fsp3) is 0.500. The normalized spacial score (nSPS) is 8.60. The van der Waals surface area contributed by atoms with Crippen molar-refractivity contribution in [3.05, 3.63) is 0 Å². The number of hydrogen-bond acceptors (Lipinski definition) is 2. The third kappa shape index (κ3) is 4.40. The molecule has 0 atom stereocenters. The van der Waals surface area contributed by atoms with E-state index in [4.69, 9.17) is 23.6 Å². The average Bonchev–Trinajstić information content (AvgIpc) is 1.99. The summed E-state index contributed by atoms with van der Waals surface area (Å²) in [5.41, 5.74) is 0. The van der Waals surface area contributed by atoms with Gasteiger partial charge < -0.3 is 0 Å². The highest BCUT2D eigenvalue weighted by molar-refractivity contribution is 6.22. The molecule has 0 saturated heterocycles. The molecule has 0 bridgehead atoms. The van der Waals surface area contributed by atoms with Gasteiger partial charge in [0.15, 0.2) is 0 Å². The van der Waals surface area contributed by atoms with Gasteiger partial charge in [-0.15, -0.1) is 0 Å². The van der Waals surface area contributed by atoms with Gasteiger partial charge in [-0.05, 0) is 0 Å². The molecule has 0 aliphatic heterocycles. The lowest BCUT2D eigenvalue weighted by atomic mass is 10.3. The Bertz CT molecular complexity index is 123. The zero-order valence-corrected chi connectivity index (χ0v) is 6.50. The molecule has 0 aromatic heterocycles. The molecule has 0 aromatic carbocycles. The molecule has 2 amide bonds. The van der Waals surface area contributed by atoms with Crippen LogP contribution in [0.3, 0.4) is 0 Å². The Kier molecular flexibility index (Phi) is 5.06. The Morgan fingerprint density at radius 2 is 1.30 bits per heavy atom. The van der Waals surface area contributed by atoms with Crippen molar-refractivity contribution in [1.29, 1.82) is 0 Å². The first-order valence-corrected chi connectivity index (χ1v) is 3.25. The van der Waals surface area contributed by atoms with Crippen LogP contribution in [0.15, 0.2) is 0 Å². The second-order valence-electron chi connectivity index (χ2n) is 1.54. The van der Waals surface area contributed by atoms with E-state index >= 15 is 0 Å². The molecule has 0 aromatic rings. The predicted octanol–water partition coefficient (Wildman–Crippen LogP) is 0.307. The molecule has 0 saturated carbocycles. The van der Waals surface area contributed by atoms with Crippen molar-refractivity contribution in [3.8, 4) is 0 Å². The lowest BCUT2D eigenvalue weighted by molar-refractivity contribution is -0.124. The van der Waals surface area contributed by atoms with Gasteiger partial charge in [-0.1, -0.05) is 0 Å². The van der Waals surface area contributed by atoms with Crippen LogP contribution in [0, 0.1) is 0 Å². The van der Waals surface area contributed by atoms with Crippen LogP contribution in [-0.2, 0) is 9.59 Å². The van der Waals surface area contributed by atoms with Crippen molar-refractivity contribution in [2.45, 2.75) is 12.8 Å². The van der Waals surface area contributed by atoms with Gasteiger partial charge in [-0.3, -0.25) is 19.3 Å². The SMILES string of the molecule is O=C(CCC(=O)NCl)NCl. The van der Waals surface area contributed by atoms with E-state index in [2.05, 4.69) is 0 Å². The van der Waals surface area contributed by atoms with Crippen LogP contribution in [-0.4, -0.2) is 11.8 Å². The summed E-state index contributed by atoms with van der Waals surface area (Å²) in [6, 6.07) is 0. The minimum Gasteiger partial charge on any atom is -0.274 e. The zero-order valence-electron chi connectivity index (χ0n) is 4.99. The topological polar surface area (TPSA) is 58.2 Å². The maximum absolute atomic E-state index is 10.4. The van der Waals surface area contributed by atoms with Crippen LogP contribution in [0.5, 0.6) is 0 Å². The molecular formula is C4H6Cl2N2O2. The molecular weight excluding hydrogens is 179 g/mol. The highest BCUT2D eigenvalue weighted by Gasteiger charge is 2.03. The number of halogens is 2. The van der Waals surface area contributed by atoms with Gasteiger partial charge in [-0.2, -0.15) is 0 Å². The summed E-state index contributed by atoms with van der Waals surface area (Å²) >= 11 is 9.83. The summed E-state index contributed by atoms with van der Waals surface area (Å²) < 4.78 is 0. The highest BCUT2D eigenvalue weighted by atomic mass is 35.5. The van der Waals surface area contributed by atoms with Gasteiger partial charge >= 0.3 is 0 Å². The van der Waals surface area contributed by atoms with Crippen molar-refractivity contribution in [3.63, 3.8) is 0 Å². The van der Waals surface area contributed by atoms with Crippen molar-refractivity contribution in [1.82, 2.24) is 9.67 Å². The predicted molar refractivity (Wildman–Crippen MR) is 37.2 cm³/mol. The van der Waals surface area contributed by atoms with Crippen molar-refractivity contribution >= 4 is 35.4 Å². The molecule has 0 radical (unpaired) electrons. The van der Waals surface area contributed by atoms with Gasteiger partial charge in [0, 0.05) is 36.4 Å². The fourth-order valence-electron chi connectivity index (χ4n) is 0.322. The van der Waals surface area contributed by atoms with E-state index < -0.39 is 11.8 Å². The van der Waals surface area contributed by atoms with Gasteiger partial charge in [0.1, 0.15) is 0 Å². The Labute approximate surface area is 68.1 Å². The third-order valence-electron chi connectivity index (χ3n) is 0.790. The van der Waals surface area contributed by atoms with Crippen molar-refractivity contribution < 1.29 is 9.59 Å². The summed E-state index contributed by atoms with van der Waals surface area (Å²) in [6.45, 7) is 0. The number of hydrogen-bond donors (Lipinski definition) is 2. The number of nitrogens with one attached hydrogen (secondary N) is 2. The van der Waals surface area contributed by atoms with Crippen LogP contribution in [0.1, 0.15) is 12.8 Å². The lowest BCUT2D eigenvalue weighted by Gasteiger charge is -1.94. The van der Waals surface area contributed by atoms with Gasteiger partial charge in [0.25, 0.3) is 0 Å². The molecule has 6 heteroatoms. The van der Waals surface area contributed by atoms with Gasteiger partial charge in [0.05, 0.1) is 0 Å². The summed E-state index contributed by atoms with van der Waals surface area (Å²) in [6.07, 6.45) is 0.0874. The van der Waals surface area contributed by atoms with Crippen LogP contribution < -0.4 is 9.67 Å². The molecule has 58 valence electrons. The molecule has 0 rings (SSSR count). The Balaban J connectivity index is 3.35. The van der Waals surface area contributed by atoms with Crippen LogP contribution in [0.4, 0.5) is 0 Å². The molecule has 0 aliphatic carbocycles. The van der Waals surface area contributed by atoms with Crippen LogP contribution in [0.2, 0.25) is 0 Å². The number of amides is 2. The van der Waals surface area contributed by atoms with E-state index in [0.29, 0.717) is 0 Å².